The summed E-state index contributed by atoms with van der Waals surface area (Å²) in [6.07, 6.45) is 0.402. The van der Waals surface area contributed by atoms with Crippen LogP contribution in [0.15, 0.2) is 0 Å². The minimum atomic E-state index is -1.58. The Morgan fingerprint density at radius 1 is 1.15 bits per heavy atom. The summed E-state index contributed by atoms with van der Waals surface area (Å²) in [6.45, 7) is 3.60. The van der Waals surface area contributed by atoms with Crippen LogP contribution in [0.4, 0.5) is 0 Å². The quantitative estimate of drug-likeness (QED) is 0.510. The van der Waals surface area contributed by atoms with Gasteiger partial charge in [-0.2, -0.15) is 0 Å². The molecule has 0 aliphatic rings. The first kappa shape index (κ1) is 18.6. The summed E-state index contributed by atoms with van der Waals surface area (Å²) in [4.78, 5) is 35.1. The Labute approximate surface area is 120 Å². The van der Waals surface area contributed by atoms with Crippen LogP contribution in [0.2, 0.25) is 0 Å². The van der Waals surface area contributed by atoms with Crippen molar-refractivity contribution in [1.29, 1.82) is 0 Å². The van der Waals surface area contributed by atoms with Gasteiger partial charge in [-0.15, -0.1) is 0 Å². The number of carboxylic acid groups (broad SMARTS) is 1. The molecule has 20 heavy (non-hydrogen) atoms. The average molecular weight is 288 g/mol. The molecule has 1 atom stereocenters. The number of rotatable bonds is 9. The van der Waals surface area contributed by atoms with Gasteiger partial charge in [-0.05, 0) is 6.42 Å². The first-order valence-corrected chi connectivity index (χ1v) is 6.83. The second kappa shape index (κ2) is 7.38. The lowest BCUT2D eigenvalue weighted by molar-refractivity contribution is -0.875. The Morgan fingerprint density at radius 2 is 1.70 bits per heavy atom. The molecule has 0 saturated carbocycles. The zero-order valence-corrected chi connectivity index (χ0v) is 13.1. The Hall–Kier alpha value is -1.43. The van der Waals surface area contributed by atoms with Gasteiger partial charge in [0.15, 0.2) is 5.78 Å². The highest BCUT2D eigenvalue weighted by atomic mass is 16.6. The van der Waals surface area contributed by atoms with E-state index in [-0.39, 0.29) is 25.2 Å². The summed E-state index contributed by atoms with van der Waals surface area (Å²) in [5, 5.41) is 9.08. The minimum absolute atomic E-state index is 0.132. The number of carbonyl (C=O) groups is 3. The summed E-state index contributed by atoms with van der Waals surface area (Å²) >= 11 is 0. The molecule has 116 valence electrons. The third kappa shape index (κ3) is 6.14. The summed E-state index contributed by atoms with van der Waals surface area (Å²) < 4.78 is 5.66. The van der Waals surface area contributed by atoms with E-state index in [1.54, 1.807) is 6.92 Å². The summed E-state index contributed by atoms with van der Waals surface area (Å²) in [6, 6.07) is 0. The standard InChI is InChI=1S/C14H25NO5/c1-6-8-13(19)20-14(9-12(17)18,11(16)7-2)10-15(3,4)5/h6-10H2,1-5H3/p+1/t14-/m0/s1. The van der Waals surface area contributed by atoms with Crippen molar-refractivity contribution in [3.8, 4) is 0 Å². The molecule has 6 nitrogen and oxygen atoms in total. The van der Waals surface area contributed by atoms with Gasteiger partial charge in [0.25, 0.3) is 0 Å². The van der Waals surface area contributed by atoms with Gasteiger partial charge in [0, 0.05) is 12.8 Å². The average Bonchev–Trinajstić information content (AvgIpc) is 2.24. The van der Waals surface area contributed by atoms with Crippen molar-refractivity contribution in [3.05, 3.63) is 0 Å². The molecule has 0 aliphatic heterocycles. The molecule has 0 rings (SSSR count). The minimum Gasteiger partial charge on any atom is -0.481 e. The molecule has 6 heteroatoms. The van der Waals surface area contributed by atoms with Crippen LogP contribution < -0.4 is 0 Å². The largest absolute Gasteiger partial charge is 0.481 e. The van der Waals surface area contributed by atoms with Gasteiger partial charge in [-0.25, -0.2) is 0 Å². The number of carboxylic acids is 1. The number of esters is 1. The molecule has 0 radical (unpaired) electrons. The van der Waals surface area contributed by atoms with E-state index < -0.39 is 24.0 Å². The highest BCUT2D eigenvalue weighted by molar-refractivity contribution is 5.93. The Bertz CT molecular complexity index is 372. The van der Waals surface area contributed by atoms with Crippen LogP contribution in [0.3, 0.4) is 0 Å². The molecule has 0 fully saturated rings. The lowest BCUT2D eigenvalue weighted by Gasteiger charge is -2.36. The van der Waals surface area contributed by atoms with Crippen LogP contribution in [0, 0.1) is 0 Å². The topological polar surface area (TPSA) is 80.7 Å². The van der Waals surface area contributed by atoms with Crippen LogP contribution in [-0.4, -0.2) is 60.6 Å². The number of ketones is 1. The lowest BCUT2D eigenvalue weighted by atomic mass is 9.90. The van der Waals surface area contributed by atoms with Gasteiger partial charge in [-0.3, -0.25) is 14.4 Å². The van der Waals surface area contributed by atoms with Gasteiger partial charge >= 0.3 is 11.9 Å². The second-order valence-corrected chi connectivity index (χ2v) is 6.01. The van der Waals surface area contributed by atoms with E-state index in [0.29, 0.717) is 10.9 Å². The number of Topliss-reactive ketones (excluding diaryl/α,β-unsaturated/α-hetero) is 1. The molecule has 0 aromatic heterocycles. The predicted molar refractivity (Wildman–Crippen MR) is 74.2 cm³/mol. The molecule has 0 amide bonds. The molecular weight excluding hydrogens is 262 g/mol. The van der Waals surface area contributed by atoms with Crippen molar-refractivity contribution < 1.29 is 28.7 Å². The number of aliphatic carboxylic acids is 1. The number of carbonyl (C=O) groups excluding carboxylic acids is 2. The van der Waals surface area contributed by atoms with Crippen LogP contribution in [0.25, 0.3) is 0 Å². The van der Waals surface area contributed by atoms with E-state index in [4.69, 9.17) is 9.84 Å². The second-order valence-electron chi connectivity index (χ2n) is 6.01. The fraction of sp³-hybridized carbons (Fsp3) is 0.786. The number of hydrogen-bond donors (Lipinski definition) is 1. The zero-order chi connectivity index (χ0) is 16.0. The van der Waals surface area contributed by atoms with E-state index in [1.807, 2.05) is 28.1 Å². The van der Waals surface area contributed by atoms with Crippen molar-refractivity contribution in [2.24, 2.45) is 0 Å². The van der Waals surface area contributed by atoms with Crippen molar-refractivity contribution >= 4 is 17.7 Å². The maximum Gasteiger partial charge on any atom is 0.308 e. The zero-order valence-electron chi connectivity index (χ0n) is 13.1. The van der Waals surface area contributed by atoms with E-state index in [9.17, 15) is 14.4 Å². The van der Waals surface area contributed by atoms with E-state index in [0.717, 1.165) is 0 Å². The van der Waals surface area contributed by atoms with Crippen LogP contribution in [-0.2, 0) is 19.1 Å². The third-order valence-corrected chi connectivity index (χ3v) is 2.76. The predicted octanol–water partition coefficient (Wildman–Crippen LogP) is 1.23. The van der Waals surface area contributed by atoms with Crippen molar-refractivity contribution in [3.63, 3.8) is 0 Å². The number of nitrogens with zero attached hydrogens (tertiary/aromatic N) is 1. The summed E-state index contributed by atoms with van der Waals surface area (Å²) in [5.74, 6) is -2.02. The monoisotopic (exact) mass is 288 g/mol. The molecule has 0 aromatic carbocycles. The normalized spacial score (nSPS) is 14.4. The molecule has 0 bridgehead atoms. The molecule has 0 aliphatic carbocycles. The van der Waals surface area contributed by atoms with Gasteiger partial charge < -0.3 is 14.3 Å². The molecule has 0 heterocycles. The summed E-state index contributed by atoms with van der Waals surface area (Å²) in [5.41, 5.74) is -1.58. The fourth-order valence-corrected chi connectivity index (χ4v) is 2.17. The number of quaternary nitrogens is 1. The summed E-state index contributed by atoms with van der Waals surface area (Å²) in [7, 11) is 5.48. The van der Waals surface area contributed by atoms with Gasteiger partial charge in [0.1, 0.15) is 6.54 Å². The van der Waals surface area contributed by atoms with Gasteiger partial charge in [-0.1, -0.05) is 13.8 Å². The number of ether oxygens (including phenoxy) is 1. The maximum atomic E-state index is 12.2. The highest BCUT2D eigenvalue weighted by Crippen LogP contribution is 2.24. The molecule has 0 unspecified atom stereocenters. The Morgan fingerprint density at radius 3 is 2.05 bits per heavy atom. The molecule has 1 N–H and O–H groups in total. The van der Waals surface area contributed by atoms with E-state index >= 15 is 0 Å². The van der Waals surface area contributed by atoms with Crippen molar-refractivity contribution in [2.75, 3.05) is 27.7 Å². The lowest BCUT2D eigenvalue weighted by Crippen LogP contribution is -2.57. The van der Waals surface area contributed by atoms with Crippen LogP contribution >= 0.6 is 0 Å². The van der Waals surface area contributed by atoms with E-state index in [1.165, 1.54) is 0 Å². The number of likely N-dealkylation sites (N-methyl/N-ethyl adjacent to an activating group) is 1. The fourth-order valence-electron chi connectivity index (χ4n) is 2.17. The van der Waals surface area contributed by atoms with Crippen molar-refractivity contribution in [1.82, 2.24) is 0 Å². The molecule has 0 saturated heterocycles. The van der Waals surface area contributed by atoms with Gasteiger partial charge in [0.05, 0.1) is 27.6 Å². The first-order chi connectivity index (χ1) is 9.06. The first-order valence-electron chi connectivity index (χ1n) is 6.83. The van der Waals surface area contributed by atoms with Gasteiger partial charge in [0.2, 0.25) is 5.60 Å². The molecular formula is C14H26NO5+. The van der Waals surface area contributed by atoms with Crippen LogP contribution in [0.5, 0.6) is 0 Å². The Kier molecular flexibility index (Phi) is 6.85. The third-order valence-electron chi connectivity index (χ3n) is 2.76. The Balaban J connectivity index is 5.47. The molecule has 0 aromatic rings. The maximum absolute atomic E-state index is 12.2. The smallest absolute Gasteiger partial charge is 0.308 e. The SMILES string of the molecule is CCCC(=O)O[C@@](CC(=O)O)(C[N+](C)(C)C)C(=O)CC. The molecule has 0 spiro atoms. The number of hydrogen-bond acceptors (Lipinski definition) is 4. The van der Waals surface area contributed by atoms with Crippen molar-refractivity contribution in [2.45, 2.75) is 45.1 Å². The van der Waals surface area contributed by atoms with E-state index in [2.05, 4.69) is 0 Å². The van der Waals surface area contributed by atoms with Crippen LogP contribution in [0.1, 0.15) is 39.5 Å². The highest BCUT2D eigenvalue weighted by Gasteiger charge is 2.47.